The number of benzene rings is 1. The second kappa shape index (κ2) is 5.01. The molecule has 5 heteroatoms. The molecule has 0 spiro atoms. The molecule has 0 saturated heterocycles. The van der Waals surface area contributed by atoms with Gasteiger partial charge in [-0.1, -0.05) is 18.2 Å². The molecular weight excluding hydrogens is 238 g/mol. The molecule has 2 rings (SSSR count). The van der Waals surface area contributed by atoms with Crippen molar-refractivity contribution in [1.82, 2.24) is 9.97 Å². The van der Waals surface area contributed by atoms with Crippen LogP contribution >= 0.6 is 11.6 Å². The number of aryl methyl sites for hydroxylation is 1. The van der Waals surface area contributed by atoms with E-state index in [1.54, 1.807) is 7.11 Å². The lowest BCUT2D eigenvalue weighted by atomic mass is 10.2. The minimum atomic E-state index is 0.182. The van der Waals surface area contributed by atoms with Crippen molar-refractivity contribution in [2.45, 2.75) is 6.92 Å². The van der Waals surface area contributed by atoms with Crippen LogP contribution in [0.2, 0.25) is 5.28 Å². The number of ether oxygens (including phenoxy) is 1. The molecule has 0 unspecified atom stereocenters. The van der Waals surface area contributed by atoms with Crippen LogP contribution in [-0.4, -0.2) is 17.1 Å². The molecule has 0 aliphatic heterocycles. The van der Waals surface area contributed by atoms with Gasteiger partial charge in [0.2, 0.25) is 5.28 Å². The van der Waals surface area contributed by atoms with Crippen LogP contribution in [0.1, 0.15) is 5.56 Å². The van der Waals surface area contributed by atoms with E-state index in [1.807, 2.05) is 31.2 Å². The van der Waals surface area contributed by atoms with Crippen LogP contribution < -0.4 is 10.1 Å². The van der Waals surface area contributed by atoms with Crippen LogP contribution in [0.4, 0.5) is 11.5 Å². The Labute approximate surface area is 105 Å². The van der Waals surface area contributed by atoms with Gasteiger partial charge in [-0.25, -0.2) is 4.98 Å². The minimum absolute atomic E-state index is 0.182. The number of nitrogens with one attached hydrogen (secondary N) is 1. The fraction of sp³-hybridized carbons (Fsp3) is 0.167. The molecule has 0 saturated carbocycles. The summed E-state index contributed by atoms with van der Waals surface area (Å²) >= 11 is 5.76. The number of methoxy groups -OCH3 is 1. The van der Waals surface area contributed by atoms with E-state index in [0.29, 0.717) is 11.6 Å². The lowest BCUT2D eigenvalue weighted by molar-refractivity contribution is 0.413. The van der Waals surface area contributed by atoms with Crippen molar-refractivity contribution < 1.29 is 4.74 Å². The van der Waals surface area contributed by atoms with Gasteiger partial charge in [-0.15, -0.1) is 0 Å². The summed E-state index contributed by atoms with van der Waals surface area (Å²) in [6, 6.07) is 7.90. The first-order chi connectivity index (χ1) is 8.20. The molecular formula is C12H12ClN3O. The summed E-state index contributed by atoms with van der Waals surface area (Å²) in [5.74, 6) is 1.11. The predicted octanol–water partition coefficient (Wildman–Crippen LogP) is 3.19. The van der Waals surface area contributed by atoms with Crippen molar-refractivity contribution in [2.75, 3.05) is 12.4 Å². The molecule has 17 heavy (non-hydrogen) atoms. The van der Waals surface area contributed by atoms with Gasteiger partial charge in [-0.3, -0.25) is 0 Å². The Morgan fingerprint density at radius 1 is 1.29 bits per heavy atom. The van der Waals surface area contributed by atoms with Crippen molar-refractivity contribution in [3.63, 3.8) is 0 Å². The van der Waals surface area contributed by atoms with E-state index >= 15 is 0 Å². The van der Waals surface area contributed by atoms with Crippen molar-refractivity contribution >= 4 is 23.1 Å². The molecule has 1 aromatic heterocycles. The normalized spacial score (nSPS) is 10.1. The summed E-state index contributed by atoms with van der Waals surface area (Å²) in [5, 5.41) is 3.35. The molecule has 0 bridgehead atoms. The van der Waals surface area contributed by atoms with Gasteiger partial charge in [0.05, 0.1) is 13.3 Å². The van der Waals surface area contributed by atoms with E-state index in [-0.39, 0.29) is 5.28 Å². The third kappa shape index (κ3) is 2.65. The first kappa shape index (κ1) is 11.7. The first-order valence-corrected chi connectivity index (χ1v) is 5.47. The van der Waals surface area contributed by atoms with Crippen molar-refractivity contribution in [2.24, 2.45) is 0 Å². The Hall–Kier alpha value is -1.81. The van der Waals surface area contributed by atoms with Gasteiger partial charge in [-0.05, 0) is 30.2 Å². The Morgan fingerprint density at radius 2 is 2.06 bits per heavy atom. The number of hydrogen-bond acceptors (Lipinski definition) is 4. The standard InChI is InChI=1S/C12H12ClN3O/c1-8-5-3-4-6-9(8)15-11-10(17-2)7-14-12(13)16-11/h3-7H,1-2H3,(H,14,15,16). The molecule has 4 nitrogen and oxygen atoms in total. The molecule has 0 aliphatic carbocycles. The quantitative estimate of drug-likeness (QED) is 0.849. The number of aromatic nitrogens is 2. The van der Waals surface area contributed by atoms with Gasteiger partial charge in [0.1, 0.15) is 0 Å². The highest BCUT2D eigenvalue weighted by atomic mass is 35.5. The Balaban J connectivity index is 2.35. The van der Waals surface area contributed by atoms with Crippen LogP contribution in [0.25, 0.3) is 0 Å². The van der Waals surface area contributed by atoms with E-state index in [1.165, 1.54) is 6.20 Å². The van der Waals surface area contributed by atoms with Crippen LogP contribution in [0.3, 0.4) is 0 Å². The van der Waals surface area contributed by atoms with E-state index in [2.05, 4.69) is 15.3 Å². The second-order valence-corrected chi connectivity index (χ2v) is 3.83. The highest BCUT2D eigenvalue weighted by Gasteiger charge is 2.07. The maximum absolute atomic E-state index is 5.76. The average molecular weight is 250 g/mol. The van der Waals surface area contributed by atoms with Gasteiger partial charge >= 0.3 is 0 Å². The fourth-order valence-electron chi connectivity index (χ4n) is 1.43. The Morgan fingerprint density at radius 3 is 2.76 bits per heavy atom. The summed E-state index contributed by atoms with van der Waals surface area (Å²) in [6.07, 6.45) is 1.54. The third-order valence-electron chi connectivity index (χ3n) is 2.34. The van der Waals surface area contributed by atoms with E-state index in [0.717, 1.165) is 11.3 Å². The number of para-hydroxylation sites is 1. The summed E-state index contributed by atoms with van der Waals surface area (Å²) in [7, 11) is 1.57. The van der Waals surface area contributed by atoms with Crippen LogP contribution in [0.5, 0.6) is 5.75 Å². The molecule has 0 fully saturated rings. The summed E-state index contributed by atoms with van der Waals surface area (Å²) in [6.45, 7) is 2.01. The zero-order chi connectivity index (χ0) is 12.3. The Kier molecular flexibility index (Phi) is 3.44. The summed E-state index contributed by atoms with van der Waals surface area (Å²) in [4.78, 5) is 7.96. The largest absolute Gasteiger partial charge is 0.491 e. The lowest BCUT2D eigenvalue weighted by Gasteiger charge is -2.11. The SMILES string of the molecule is COc1cnc(Cl)nc1Nc1ccccc1C. The first-order valence-electron chi connectivity index (χ1n) is 5.10. The lowest BCUT2D eigenvalue weighted by Crippen LogP contribution is -2.00. The van der Waals surface area contributed by atoms with Crippen LogP contribution in [0.15, 0.2) is 30.5 Å². The topological polar surface area (TPSA) is 47.0 Å². The van der Waals surface area contributed by atoms with Crippen molar-refractivity contribution in [1.29, 1.82) is 0 Å². The molecule has 2 aromatic rings. The number of hydrogen-bond donors (Lipinski definition) is 1. The van der Waals surface area contributed by atoms with Crippen molar-refractivity contribution in [3.05, 3.63) is 41.3 Å². The van der Waals surface area contributed by atoms with Gasteiger partial charge in [0.25, 0.3) is 0 Å². The van der Waals surface area contributed by atoms with Gasteiger partial charge in [0, 0.05) is 5.69 Å². The second-order valence-electron chi connectivity index (χ2n) is 3.50. The van der Waals surface area contributed by atoms with E-state index in [4.69, 9.17) is 16.3 Å². The highest BCUT2D eigenvalue weighted by molar-refractivity contribution is 6.28. The number of nitrogens with zero attached hydrogens (tertiary/aromatic N) is 2. The number of rotatable bonds is 3. The summed E-state index contributed by atoms with van der Waals surface area (Å²) in [5.41, 5.74) is 2.07. The summed E-state index contributed by atoms with van der Waals surface area (Å²) < 4.78 is 5.17. The fourth-order valence-corrected chi connectivity index (χ4v) is 1.56. The van der Waals surface area contributed by atoms with E-state index in [9.17, 15) is 0 Å². The third-order valence-corrected chi connectivity index (χ3v) is 2.53. The number of halogens is 1. The Bertz CT molecular complexity index is 531. The highest BCUT2D eigenvalue weighted by Crippen LogP contribution is 2.26. The zero-order valence-electron chi connectivity index (χ0n) is 9.57. The van der Waals surface area contributed by atoms with Crippen LogP contribution in [-0.2, 0) is 0 Å². The molecule has 1 aromatic carbocycles. The number of anilines is 2. The van der Waals surface area contributed by atoms with Gasteiger partial charge < -0.3 is 10.1 Å². The maximum atomic E-state index is 5.76. The van der Waals surface area contributed by atoms with Crippen molar-refractivity contribution in [3.8, 4) is 5.75 Å². The average Bonchev–Trinajstić information content (AvgIpc) is 2.32. The van der Waals surface area contributed by atoms with E-state index < -0.39 is 0 Å². The molecule has 0 radical (unpaired) electrons. The maximum Gasteiger partial charge on any atom is 0.224 e. The predicted molar refractivity (Wildman–Crippen MR) is 68.1 cm³/mol. The molecule has 0 aliphatic rings. The molecule has 0 amide bonds. The molecule has 1 N–H and O–H groups in total. The van der Waals surface area contributed by atoms with Gasteiger partial charge in [0.15, 0.2) is 11.6 Å². The molecule has 1 heterocycles. The molecule has 88 valence electrons. The smallest absolute Gasteiger partial charge is 0.224 e. The zero-order valence-corrected chi connectivity index (χ0v) is 10.3. The van der Waals surface area contributed by atoms with Gasteiger partial charge in [-0.2, -0.15) is 4.98 Å². The van der Waals surface area contributed by atoms with Crippen LogP contribution in [0, 0.1) is 6.92 Å². The molecule has 0 atom stereocenters. The minimum Gasteiger partial charge on any atom is -0.491 e. The monoisotopic (exact) mass is 249 g/mol.